The van der Waals surface area contributed by atoms with Gasteiger partial charge in [0.25, 0.3) is 5.91 Å². The van der Waals surface area contributed by atoms with E-state index in [1.807, 2.05) is 43.3 Å². The molecule has 0 radical (unpaired) electrons. The predicted molar refractivity (Wildman–Crippen MR) is 108 cm³/mol. The Morgan fingerprint density at radius 1 is 1.15 bits per heavy atom. The molecular formula is C21H24N2O3S. The fraction of sp³-hybridized carbons (Fsp3) is 0.333. The van der Waals surface area contributed by atoms with Crippen molar-refractivity contribution >= 4 is 29.3 Å². The van der Waals surface area contributed by atoms with Crippen molar-refractivity contribution < 1.29 is 14.3 Å². The lowest BCUT2D eigenvalue weighted by Gasteiger charge is -2.16. The Hall–Kier alpha value is -2.31. The second-order valence-corrected chi connectivity index (χ2v) is 7.87. The van der Waals surface area contributed by atoms with Crippen molar-refractivity contribution in [2.24, 2.45) is 0 Å². The molecule has 0 bridgehead atoms. The number of anilines is 1. The highest BCUT2D eigenvalue weighted by Gasteiger charge is 2.20. The van der Waals surface area contributed by atoms with E-state index < -0.39 is 0 Å². The van der Waals surface area contributed by atoms with Crippen LogP contribution in [-0.2, 0) is 9.53 Å². The number of carbonyl (C=O) groups excluding carboxylic acids is 2. The quantitative estimate of drug-likeness (QED) is 0.714. The maximum absolute atomic E-state index is 12.6. The van der Waals surface area contributed by atoms with E-state index >= 15 is 0 Å². The summed E-state index contributed by atoms with van der Waals surface area (Å²) >= 11 is 1.48. The molecule has 1 saturated heterocycles. The second kappa shape index (κ2) is 9.58. The Labute approximate surface area is 163 Å². The fourth-order valence-corrected chi connectivity index (χ4v) is 3.78. The minimum atomic E-state index is -0.282. The van der Waals surface area contributed by atoms with Gasteiger partial charge in [-0.2, -0.15) is 0 Å². The highest BCUT2D eigenvalue weighted by atomic mass is 32.2. The SMILES string of the molecule is C[C@H](Sc1ccccc1)C(=O)Nc1ccccc1C(=O)NC[C@H]1CCCO1. The molecule has 0 aliphatic carbocycles. The molecule has 27 heavy (non-hydrogen) atoms. The Bertz CT molecular complexity index is 776. The van der Waals surface area contributed by atoms with Crippen LogP contribution in [0.3, 0.4) is 0 Å². The van der Waals surface area contributed by atoms with Gasteiger partial charge < -0.3 is 15.4 Å². The van der Waals surface area contributed by atoms with E-state index in [1.165, 1.54) is 11.8 Å². The van der Waals surface area contributed by atoms with Gasteiger partial charge in [0.1, 0.15) is 0 Å². The summed E-state index contributed by atoms with van der Waals surface area (Å²) in [7, 11) is 0. The molecule has 2 atom stereocenters. The van der Waals surface area contributed by atoms with Gasteiger partial charge in [-0.05, 0) is 44.0 Å². The summed E-state index contributed by atoms with van der Waals surface area (Å²) in [4.78, 5) is 26.1. The van der Waals surface area contributed by atoms with E-state index in [2.05, 4.69) is 10.6 Å². The van der Waals surface area contributed by atoms with Crippen LogP contribution in [0.25, 0.3) is 0 Å². The van der Waals surface area contributed by atoms with Crippen LogP contribution >= 0.6 is 11.8 Å². The molecule has 2 aromatic carbocycles. The molecule has 2 N–H and O–H groups in total. The van der Waals surface area contributed by atoms with Crippen molar-refractivity contribution in [3.8, 4) is 0 Å². The molecule has 3 rings (SSSR count). The van der Waals surface area contributed by atoms with E-state index in [1.54, 1.807) is 18.2 Å². The molecule has 0 saturated carbocycles. The van der Waals surface area contributed by atoms with E-state index in [-0.39, 0.29) is 23.2 Å². The standard InChI is InChI=1S/C21H24N2O3S/c1-15(27-17-9-3-2-4-10-17)20(24)23-19-12-6-5-11-18(19)21(25)22-14-16-8-7-13-26-16/h2-6,9-12,15-16H,7-8,13-14H2,1H3,(H,22,25)(H,23,24)/t15-,16+/m0/s1. The number of para-hydroxylation sites is 1. The van der Waals surface area contributed by atoms with E-state index in [0.717, 1.165) is 24.3 Å². The van der Waals surface area contributed by atoms with Crippen LogP contribution in [-0.4, -0.2) is 36.3 Å². The van der Waals surface area contributed by atoms with Gasteiger partial charge in [-0.15, -0.1) is 11.8 Å². The van der Waals surface area contributed by atoms with Gasteiger partial charge in [0.05, 0.1) is 22.6 Å². The van der Waals surface area contributed by atoms with Crippen molar-refractivity contribution in [1.82, 2.24) is 5.32 Å². The molecule has 1 heterocycles. The Balaban J connectivity index is 1.60. The van der Waals surface area contributed by atoms with Gasteiger partial charge in [-0.25, -0.2) is 0 Å². The van der Waals surface area contributed by atoms with Crippen LogP contribution in [0.4, 0.5) is 5.69 Å². The van der Waals surface area contributed by atoms with Crippen LogP contribution < -0.4 is 10.6 Å². The number of rotatable bonds is 7. The zero-order valence-corrected chi connectivity index (χ0v) is 16.1. The van der Waals surface area contributed by atoms with Gasteiger partial charge in [-0.1, -0.05) is 30.3 Å². The van der Waals surface area contributed by atoms with Crippen LogP contribution in [0.1, 0.15) is 30.1 Å². The maximum atomic E-state index is 12.6. The lowest BCUT2D eigenvalue weighted by Crippen LogP contribution is -2.32. The van der Waals surface area contributed by atoms with Gasteiger partial charge in [0, 0.05) is 18.0 Å². The van der Waals surface area contributed by atoms with Crippen LogP contribution in [0.2, 0.25) is 0 Å². The van der Waals surface area contributed by atoms with Crippen LogP contribution in [0.5, 0.6) is 0 Å². The van der Waals surface area contributed by atoms with Crippen molar-refractivity contribution in [2.75, 3.05) is 18.5 Å². The first-order valence-electron chi connectivity index (χ1n) is 9.15. The first-order valence-corrected chi connectivity index (χ1v) is 10.0. The monoisotopic (exact) mass is 384 g/mol. The predicted octanol–water partition coefficient (Wildman–Crippen LogP) is 3.71. The number of hydrogen-bond acceptors (Lipinski definition) is 4. The third-order valence-electron chi connectivity index (χ3n) is 4.37. The molecule has 2 amide bonds. The summed E-state index contributed by atoms with van der Waals surface area (Å²) in [5.74, 6) is -0.340. The molecule has 0 unspecified atom stereocenters. The third kappa shape index (κ3) is 5.58. The normalized spacial score (nSPS) is 17.3. The van der Waals surface area contributed by atoms with Crippen LogP contribution in [0.15, 0.2) is 59.5 Å². The smallest absolute Gasteiger partial charge is 0.253 e. The zero-order valence-electron chi connectivity index (χ0n) is 15.3. The summed E-state index contributed by atoms with van der Waals surface area (Å²) in [5.41, 5.74) is 0.980. The Morgan fingerprint density at radius 2 is 1.89 bits per heavy atom. The van der Waals surface area contributed by atoms with Gasteiger partial charge in [0.2, 0.25) is 5.91 Å². The van der Waals surface area contributed by atoms with Crippen molar-refractivity contribution in [1.29, 1.82) is 0 Å². The van der Waals surface area contributed by atoms with Crippen molar-refractivity contribution in [2.45, 2.75) is 36.0 Å². The molecule has 0 aromatic heterocycles. The van der Waals surface area contributed by atoms with E-state index in [0.29, 0.717) is 17.8 Å². The van der Waals surface area contributed by atoms with E-state index in [9.17, 15) is 9.59 Å². The van der Waals surface area contributed by atoms with Gasteiger partial charge >= 0.3 is 0 Å². The summed E-state index contributed by atoms with van der Waals surface area (Å²) in [6.07, 6.45) is 2.08. The number of thioether (sulfide) groups is 1. The molecule has 1 aliphatic heterocycles. The van der Waals surface area contributed by atoms with Gasteiger partial charge in [-0.3, -0.25) is 9.59 Å². The first kappa shape index (κ1) is 19.5. The van der Waals surface area contributed by atoms with Crippen LogP contribution in [0, 0.1) is 0 Å². The van der Waals surface area contributed by atoms with E-state index in [4.69, 9.17) is 4.74 Å². The number of benzene rings is 2. The summed E-state index contributed by atoms with van der Waals surface area (Å²) < 4.78 is 5.53. The average Bonchev–Trinajstić information content (AvgIpc) is 3.21. The highest BCUT2D eigenvalue weighted by Crippen LogP contribution is 2.24. The topological polar surface area (TPSA) is 67.4 Å². The first-order chi connectivity index (χ1) is 13.1. The summed E-state index contributed by atoms with van der Waals surface area (Å²) in [5, 5.41) is 5.51. The average molecular weight is 385 g/mol. The van der Waals surface area contributed by atoms with Crippen molar-refractivity contribution in [3.05, 3.63) is 60.2 Å². The Morgan fingerprint density at radius 3 is 2.63 bits per heavy atom. The Kier molecular flexibility index (Phi) is 6.90. The molecule has 1 aliphatic rings. The number of nitrogens with one attached hydrogen (secondary N) is 2. The minimum absolute atomic E-state index is 0.0815. The largest absolute Gasteiger partial charge is 0.376 e. The molecule has 6 heteroatoms. The molecule has 2 aromatic rings. The zero-order chi connectivity index (χ0) is 19.1. The second-order valence-electron chi connectivity index (χ2n) is 6.45. The summed E-state index contributed by atoms with van der Waals surface area (Å²) in [6.45, 7) is 3.10. The lowest BCUT2D eigenvalue weighted by atomic mass is 10.1. The van der Waals surface area contributed by atoms with Gasteiger partial charge in [0.15, 0.2) is 0 Å². The third-order valence-corrected chi connectivity index (χ3v) is 5.48. The number of carbonyl (C=O) groups is 2. The molecule has 5 nitrogen and oxygen atoms in total. The fourth-order valence-electron chi connectivity index (χ4n) is 2.89. The minimum Gasteiger partial charge on any atom is -0.376 e. The number of amides is 2. The molecule has 142 valence electrons. The molecule has 0 spiro atoms. The molecular weight excluding hydrogens is 360 g/mol. The van der Waals surface area contributed by atoms with Crippen molar-refractivity contribution in [3.63, 3.8) is 0 Å². The number of ether oxygens (including phenoxy) is 1. The highest BCUT2D eigenvalue weighted by molar-refractivity contribution is 8.00. The maximum Gasteiger partial charge on any atom is 0.253 e. The lowest BCUT2D eigenvalue weighted by molar-refractivity contribution is -0.115. The molecule has 1 fully saturated rings. The number of hydrogen-bond donors (Lipinski definition) is 2. The summed E-state index contributed by atoms with van der Waals surface area (Å²) in [6, 6.07) is 16.8.